The monoisotopic (exact) mass is 691 g/mol. The van der Waals surface area contributed by atoms with Crippen LogP contribution in [0.15, 0.2) is 205 Å². The number of nitrogens with zero attached hydrogens (tertiary/aromatic N) is 3. The molecule has 0 aliphatic carbocycles. The Balaban J connectivity index is 1.05. The molecule has 0 spiro atoms. The molecule has 11 rings (SSSR count). The zero-order valence-electron chi connectivity index (χ0n) is 29.3. The molecule has 0 saturated heterocycles. The van der Waals surface area contributed by atoms with Crippen LogP contribution < -0.4 is 4.90 Å². The number of hydrogen-bond acceptors (Lipinski definition) is 2. The molecule has 0 aliphatic heterocycles. The molecule has 0 amide bonds. The molecule has 0 unspecified atom stereocenters. The van der Waals surface area contributed by atoms with Crippen LogP contribution in [0.1, 0.15) is 0 Å². The third kappa shape index (κ3) is 4.64. The van der Waals surface area contributed by atoms with Crippen molar-refractivity contribution in [2.45, 2.75) is 0 Å². The second kappa shape index (κ2) is 12.1. The first kappa shape index (κ1) is 30.3. The van der Waals surface area contributed by atoms with E-state index >= 15 is 0 Å². The molecule has 0 atom stereocenters. The van der Waals surface area contributed by atoms with E-state index in [0.29, 0.717) is 0 Å². The lowest BCUT2D eigenvalue weighted by Crippen LogP contribution is -2.10. The molecule has 254 valence electrons. The number of rotatable bonds is 6. The summed E-state index contributed by atoms with van der Waals surface area (Å²) < 4.78 is 11.2. The maximum Gasteiger partial charge on any atom is 0.143 e. The summed E-state index contributed by atoms with van der Waals surface area (Å²) in [5.41, 5.74) is 15.5. The summed E-state index contributed by atoms with van der Waals surface area (Å²) in [5, 5.41) is 3.51. The second-order valence-electron chi connectivity index (χ2n) is 13.8. The van der Waals surface area contributed by atoms with Gasteiger partial charge in [-0.25, -0.2) is 0 Å². The van der Waals surface area contributed by atoms with Crippen molar-refractivity contribution in [3.8, 4) is 27.9 Å². The Morgan fingerprint density at radius 2 is 0.963 bits per heavy atom. The molecule has 0 saturated carbocycles. The highest BCUT2D eigenvalue weighted by atomic mass is 16.3. The minimum atomic E-state index is 0.908. The van der Waals surface area contributed by atoms with E-state index < -0.39 is 0 Å². The molecule has 3 heterocycles. The standard InChI is InChI=1S/C50H33N3O/c1-3-14-35(15-4-1)48-43-19-7-9-22-44(43)53-46-24-11-10-23-45(46)52(50(48)53)39-32-30-38(31-33-39)51(36-16-5-2-6-17-36)37-28-26-34(27-29-37)40-20-13-21-42-41-18-8-12-25-47(41)54-49(40)42/h1-33H. The lowest BCUT2D eigenvalue weighted by Gasteiger charge is -2.26. The summed E-state index contributed by atoms with van der Waals surface area (Å²) in [6.07, 6.45) is 0. The fraction of sp³-hybridized carbons (Fsp3) is 0. The van der Waals surface area contributed by atoms with Crippen LogP contribution in [0.4, 0.5) is 17.1 Å². The minimum Gasteiger partial charge on any atom is -0.455 e. The van der Waals surface area contributed by atoms with Crippen molar-refractivity contribution < 1.29 is 4.42 Å². The number of anilines is 3. The minimum absolute atomic E-state index is 0.908. The largest absolute Gasteiger partial charge is 0.455 e. The number of benzene rings is 8. The van der Waals surface area contributed by atoms with Crippen LogP contribution >= 0.6 is 0 Å². The van der Waals surface area contributed by atoms with Crippen LogP contribution in [0.2, 0.25) is 0 Å². The van der Waals surface area contributed by atoms with E-state index in [1.807, 2.05) is 12.1 Å². The Kier molecular flexibility index (Phi) is 6.82. The molecule has 0 fully saturated rings. The summed E-state index contributed by atoms with van der Waals surface area (Å²) in [4.78, 5) is 2.32. The molecule has 11 aromatic rings. The molecule has 4 heteroatoms. The van der Waals surface area contributed by atoms with Gasteiger partial charge in [0.2, 0.25) is 0 Å². The number of aromatic nitrogens is 2. The second-order valence-corrected chi connectivity index (χ2v) is 13.8. The van der Waals surface area contributed by atoms with Gasteiger partial charge in [0.05, 0.1) is 16.6 Å². The highest BCUT2D eigenvalue weighted by Crippen LogP contribution is 2.42. The zero-order valence-corrected chi connectivity index (χ0v) is 29.3. The Hall–Kier alpha value is -7.30. The Labute approximate surface area is 312 Å². The lowest BCUT2D eigenvalue weighted by atomic mass is 10.0. The Morgan fingerprint density at radius 1 is 0.389 bits per heavy atom. The van der Waals surface area contributed by atoms with Gasteiger partial charge < -0.3 is 9.32 Å². The predicted molar refractivity (Wildman–Crippen MR) is 225 cm³/mol. The van der Waals surface area contributed by atoms with Gasteiger partial charge in [0, 0.05) is 50.0 Å². The quantitative estimate of drug-likeness (QED) is 0.173. The van der Waals surface area contributed by atoms with E-state index in [0.717, 1.165) is 67.0 Å². The first-order valence-electron chi connectivity index (χ1n) is 18.4. The van der Waals surface area contributed by atoms with Crippen molar-refractivity contribution in [1.82, 2.24) is 8.97 Å². The molecular weight excluding hydrogens is 659 g/mol. The van der Waals surface area contributed by atoms with E-state index in [2.05, 4.69) is 202 Å². The van der Waals surface area contributed by atoms with E-state index in [9.17, 15) is 0 Å². The summed E-state index contributed by atoms with van der Waals surface area (Å²) in [6.45, 7) is 0. The van der Waals surface area contributed by atoms with Crippen LogP contribution in [-0.4, -0.2) is 8.97 Å². The van der Waals surface area contributed by atoms with Crippen molar-refractivity contribution in [3.05, 3.63) is 200 Å². The SMILES string of the molecule is c1ccc(-c2c3ccccc3n3c4ccccc4n(-c4ccc(N(c5ccccc5)c5ccc(-c6cccc7c6oc6ccccc67)cc5)cc4)c23)cc1. The van der Waals surface area contributed by atoms with Crippen molar-refractivity contribution in [1.29, 1.82) is 0 Å². The smallest absolute Gasteiger partial charge is 0.143 e. The molecular formula is C50H33N3O. The number of fused-ring (bicyclic) bond motifs is 8. The fourth-order valence-corrected chi connectivity index (χ4v) is 8.33. The molecule has 8 aromatic carbocycles. The predicted octanol–water partition coefficient (Wildman–Crippen LogP) is 13.7. The van der Waals surface area contributed by atoms with E-state index in [1.54, 1.807) is 0 Å². The highest BCUT2D eigenvalue weighted by Gasteiger charge is 2.22. The van der Waals surface area contributed by atoms with E-state index in [-0.39, 0.29) is 0 Å². The third-order valence-electron chi connectivity index (χ3n) is 10.7. The number of imidazole rings is 1. The van der Waals surface area contributed by atoms with Gasteiger partial charge >= 0.3 is 0 Å². The maximum atomic E-state index is 6.39. The number of hydrogen-bond donors (Lipinski definition) is 0. The zero-order chi connectivity index (χ0) is 35.6. The van der Waals surface area contributed by atoms with E-state index in [4.69, 9.17) is 4.42 Å². The van der Waals surface area contributed by atoms with Crippen LogP contribution in [0.25, 0.3) is 77.5 Å². The van der Waals surface area contributed by atoms with Gasteiger partial charge in [-0.2, -0.15) is 0 Å². The molecule has 4 nitrogen and oxygen atoms in total. The summed E-state index contributed by atoms with van der Waals surface area (Å²) in [7, 11) is 0. The number of furan rings is 1. The van der Waals surface area contributed by atoms with Gasteiger partial charge in [0.25, 0.3) is 0 Å². The maximum absolute atomic E-state index is 6.39. The van der Waals surface area contributed by atoms with Crippen molar-refractivity contribution in [2.75, 3.05) is 4.90 Å². The van der Waals surface area contributed by atoms with Gasteiger partial charge in [0.1, 0.15) is 16.8 Å². The average molecular weight is 692 g/mol. The van der Waals surface area contributed by atoms with Crippen LogP contribution in [0.5, 0.6) is 0 Å². The highest BCUT2D eigenvalue weighted by molar-refractivity contribution is 6.10. The van der Waals surface area contributed by atoms with Crippen LogP contribution in [0.3, 0.4) is 0 Å². The first-order chi connectivity index (χ1) is 26.8. The van der Waals surface area contributed by atoms with Crippen molar-refractivity contribution in [2.24, 2.45) is 0 Å². The van der Waals surface area contributed by atoms with Gasteiger partial charge in [-0.05, 0) is 83.9 Å². The number of para-hydroxylation sites is 6. The molecule has 54 heavy (non-hydrogen) atoms. The molecule has 0 aliphatic rings. The molecule has 0 N–H and O–H groups in total. The fourth-order valence-electron chi connectivity index (χ4n) is 8.33. The van der Waals surface area contributed by atoms with Gasteiger partial charge in [-0.1, -0.05) is 127 Å². The van der Waals surface area contributed by atoms with E-state index in [1.165, 1.54) is 27.5 Å². The molecule has 0 radical (unpaired) electrons. The van der Waals surface area contributed by atoms with Gasteiger partial charge in [-0.15, -0.1) is 0 Å². The summed E-state index contributed by atoms with van der Waals surface area (Å²) in [5.74, 6) is 0. The molecule has 0 bridgehead atoms. The van der Waals surface area contributed by atoms with Crippen LogP contribution in [0, 0.1) is 0 Å². The van der Waals surface area contributed by atoms with Crippen molar-refractivity contribution >= 4 is 66.6 Å². The molecule has 3 aromatic heterocycles. The first-order valence-corrected chi connectivity index (χ1v) is 18.4. The normalized spacial score (nSPS) is 11.7. The Bertz CT molecular complexity index is 3130. The third-order valence-corrected chi connectivity index (χ3v) is 10.7. The van der Waals surface area contributed by atoms with Gasteiger partial charge in [-0.3, -0.25) is 8.97 Å². The summed E-state index contributed by atoms with van der Waals surface area (Å²) in [6, 6.07) is 71.3. The van der Waals surface area contributed by atoms with Crippen LogP contribution in [-0.2, 0) is 0 Å². The lowest BCUT2D eigenvalue weighted by molar-refractivity contribution is 0.670. The topological polar surface area (TPSA) is 25.7 Å². The Morgan fingerprint density at radius 3 is 1.72 bits per heavy atom. The average Bonchev–Trinajstić information content (AvgIpc) is 3.90. The summed E-state index contributed by atoms with van der Waals surface area (Å²) >= 11 is 0. The van der Waals surface area contributed by atoms with Gasteiger partial charge in [0.15, 0.2) is 0 Å². The van der Waals surface area contributed by atoms with Crippen molar-refractivity contribution in [3.63, 3.8) is 0 Å².